The summed E-state index contributed by atoms with van der Waals surface area (Å²) in [4.78, 5) is 0. The molecule has 106 valence electrons. The molecule has 0 amide bonds. The number of hydrogen-bond donors (Lipinski definition) is 0. The molecule has 0 saturated carbocycles. The Kier molecular flexibility index (Phi) is 3.88. The Morgan fingerprint density at radius 3 is 2.67 bits per heavy atom. The van der Waals surface area contributed by atoms with Crippen LogP contribution in [0.3, 0.4) is 0 Å². The van der Waals surface area contributed by atoms with Gasteiger partial charge in [0.2, 0.25) is 5.89 Å². The summed E-state index contributed by atoms with van der Waals surface area (Å²) in [6, 6.07) is 15.1. The molecule has 0 fully saturated rings. The van der Waals surface area contributed by atoms with Gasteiger partial charge in [-0.2, -0.15) is 0 Å². The minimum Gasteiger partial charge on any atom is -0.484 e. The number of hydrogen-bond acceptors (Lipinski definition) is 4. The highest BCUT2D eigenvalue weighted by molar-refractivity contribution is 6.30. The second-order valence-corrected chi connectivity index (χ2v) is 5.05. The van der Waals surface area contributed by atoms with Gasteiger partial charge in [0.25, 0.3) is 5.89 Å². The van der Waals surface area contributed by atoms with E-state index in [1.54, 1.807) is 12.1 Å². The van der Waals surface area contributed by atoms with Crippen LogP contribution in [0.4, 0.5) is 0 Å². The van der Waals surface area contributed by atoms with Crippen LogP contribution in [-0.4, -0.2) is 10.2 Å². The molecule has 0 radical (unpaired) electrons. The first kappa shape index (κ1) is 13.6. The van der Waals surface area contributed by atoms with Crippen molar-refractivity contribution in [2.45, 2.75) is 13.5 Å². The Labute approximate surface area is 127 Å². The van der Waals surface area contributed by atoms with Crippen LogP contribution in [0.1, 0.15) is 11.5 Å². The topological polar surface area (TPSA) is 48.2 Å². The van der Waals surface area contributed by atoms with Crippen molar-refractivity contribution >= 4 is 11.6 Å². The monoisotopic (exact) mass is 300 g/mol. The van der Waals surface area contributed by atoms with Crippen LogP contribution in [0.5, 0.6) is 5.75 Å². The highest BCUT2D eigenvalue weighted by Gasteiger charge is 2.09. The van der Waals surface area contributed by atoms with Gasteiger partial charge in [0.15, 0.2) is 6.61 Å². The van der Waals surface area contributed by atoms with Gasteiger partial charge in [-0.25, -0.2) is 0 Å². The number of benzene rings is 2. The van der Waals surface area contributed by atoms with Gasteiger partial charge in [-0.3, -0.25) is 0 Å². The van der Waals surface area contributed by atoms with Crippen molar-refractivity contribution in [1.29, 1.82) is 0 Å². The fourth-order valence-corrected chi connectivity index (χ4v) is 2.01. The van der Waals surface area contributed by atoms with Gasteiger partial charge in [-0.15, -0.1) is 10.2 Å². The van der Waals surface area contributed by atoms with Crippen LogP contribution in [0.15, 0.2) is 52.9 Å². The van der Waals surface area contributed by atoms with E-state index in [2.05, 4.69) is 10.2 Å². The molecule has 0 N–H and O–H groups in total. The van der Waals surface area contributed by atoms with Gasteiger partial charge >= 0.3 is 0 Å². The SMILES string of the molecule is Cc1ccc(-c2nnc(COc3cccc(Cl)c3)o2)cc1. The Morgan fingerprint density at radius 1 is 1.10 bits per heavy atom. The van der Waals surface area contributed by atoms with Crippen LogP contribution in [0, 0.1) is 6.92 Å². The molecule has 0 aliphatic carbocycles. The van der Waals surface area contributed by atoms with Crippen molar-refractivity contribution in [3.63, 3.8) is 0 Å². The van der Waals surface area contributed by atoms with E-state index in [-0.39, 0.29) is 6.61 Å². The second-order valence-electron chi connectivity index (χ2n) is 4.61. The normalized spacial score (nSPS) is 10.6. The van der Waals surface area contributed by atoms with Crippen molar-refractivity contribution in [1.82, 2.24) is 10.2 Å². The Hall–Kier alpha value is -2.33. The van der Waals surface area contributed by atoms with E-state index >= 15 is 0 Å². The van der Waals surface area contributed by atoms with E-state index in [9.17, 15) is 0 Å². The lowest BCUT2D eigenvalue weighted by Gasteiger charge is -2.02. The fraction of sp³-hybridized carbons (Fsp3) is 0.125. The molecule has 0 aliphatic rings. The van der Waals surface area contributed by atoms with Crippen LogP contribution in [0.2, 0.25) is 5.02 Å². The first-order valence-electron chi connectivity index (χ1n) is 6.48. The smallest absolute Gasteiger partial charge is 0.254 e. The molecule has 3 aromatic rings. The quantitative estimate of drug-likeness (QED) is 0.721. The molecule has 0 saturated heterocycles. The molecule has 2 aromatic carbocycles. The first-order valence-corrected chi connectivity index (χ1v) is 6.86. The summed E-state index contributed by atoms with van der Waals surface area (Å²) < 4.78 is 11.1. The standard InChI is InChI=1S/C16H13ClN2O2/c1-11-5-7-12(8-6-11)16-19-18-15(21-16)10-20-14-4-2-3-13(17)9-14/h2-9H,10H2,1H3. The lowest BCUT2D eigenvalue weighted by Crippen LogP contribution is -1.95. The van der Waals surface area contributed by atoms with Crippen LogP contribution in [-0.2, 0) is 6.61 Å². The lowest BCUT2D eigenvalue weighted by molar-refractivity contribution is 0.264. The highest BCUT2D eigenvalue weighted by atomic mass is 35.5. The Morgan fingerprint density at radius 2 is 1.90 bits per heavy atom. The van der Waals surface area contributed by atoms with Crippen molar-refractivity contribution in [3.8, 4) is 17.2 Å². The molecule has 0 unspecified atom stereocenters. The van der Waals surface area contributed by atoms with Gasteiger partial charge in [0, 0.05) is 10.6 Å². The maximum atomic E-state index is 5.89. The van der Waals surface area contributed by atoms with Crippen molar-refractivity contribution in [2.75, 3.05) is 0 Å². The molecule has 0 bridgehead atoms. The number of halogens is 1. The summed E-state index contributed by atoms with van der Waals surface area (Å²) in [7, 11) is 0. The van der Waals surface area contributed by atoms with E-state index in [1.165, 1.54) is 5.56 Å². The molecule has 21 heavy (non-hydrogen) atoms. The number of nitrogens with zero attached hydrogens (tertiary/aromatic N) is 2. The minimum absolute atomic E-state index is 0.208. The van der Waals surface area contributed by atoms with Crippen LogP contribution >= 0.6 is 11.6 Å². The van der Waals surface area contributed by atoms with Gasteiger partial charge < -0.3 is 9.15 Å². The zero-order valence-electron chi connectivity index (χ0n) is 11.4. The van der Waals surface area contributed by atoms with E-state index in [0.717, 1.165) is 5.56 Å². The van der Waals surface area contributed by atoms with Gasteiger partial charge in [0.05, 0.1) is 0 Å². The third-order valence-corrected chi connectivity index (χ3v) is 3.16. The maximum absolute atomic E-state index is 5.89. The molecule has 0 spiro atoms. The summed E-state index contributed by atoms with van der Waals surface area (Å²) in [5, 5.41) is 8.62. The number of aryl methyl sites for hydroxylation is 1. The first-order chi connectivity index (χ1) is 10.2. The molecule has 0 aliphatic heterocycles. The number of aromatic nitrogens is 2. The van der Waals surface area contributed by atoms with E-state index in [1.807, 2.05) is 43.3 Å². The third kappa shape index (κ3) is 3.41. The molecule has 4 nitrogen and oxygen atoms in total. The molecule has 1 heterocycles. The van der Waals surface area contributed by atoms with Crippen LogP contribution < -0.4 is 4.74 Å². The maximum Gasteiger partial charge on any atom is 0.254 e. The predicted molar refractivity (Wildman–Crippen MR) is 80.3 cm³/mol. The van der Waals surface area contributed by atoms with Crippen LogP contribution in [0.25, 0.3) is 11.5 Å². The molecule has 0 atom stereocenters. The van der Waals surface area contributed by atoms with E-state index in [0.29, 0.717) is 22.6 Å². The third-order valence-electron chi connectivity index (χ3n) is 2.92. The van der Waals surface area contributed by atoms with E-state index < -0.39 is 0 Å². The summed E-state index contributed by atoms with van der Waals surface area (Å²) >= 11 is 5.89. The summed E-state index contributed by atoms with van der Waals surface area (Å²) in [5.41, 5.74) is 2.07. The largest absolute Gasteiger partial charge is 0.484 e. The zero-order valence-corrected chi connectivity index (χ0v) is 12.2. The summed E-state index contributed by atoms with van der Waals surface area (Å²) in [6.45, 7) is 2.24. The van der Waals surface area contributed by atoms with Gasteiger partial charge in [-0.05, 0) is 37.3 Å². The zero-order chi connectivity index (χ0) is 14.7. The predicted octanol–water partition coefficient (Wildman–Crippen LogP) is 4.28. The summed E-state index contributed by atoms with van der Waals surface area (Å²) in [5.74, 6) is 1.57. The minimum atomic E-state index is 0.208. The molecular weight excluding hydrogens is 288 g/mol. The molecule has 3 rings (SSSR count). The number of rotatable bonds is 4. The number of ether oxygens (including phenoxy) is 1. The highest BCUT2D eigenvalue weighted by Crippen LogP contribution is 2.20. The fourth-order valence-electron chi connectivity index (χ4n) is 1.83. The second kappa shape index (κ2) is 5.97. The molecular formula is C16H13ClN2O2. The Bertz CT molecular complexity index is 738. The summed E-state index contributed by atoms with van der Waals surface area (Å²) in [6.07, 6.45) is 0. The van der Waals surface area contributed by atoms with E-state index in [4.69, 9.17) is 20.8 Å². The average Bonchev–Trinajstić information content (AvgIpc) is 2.95. The van der Waals surface area contributed by atoms with Gasteiger partial charge in [0.1, 0.15) is 5.75 Å². The van der Waals surface area contributed by atoms with Crippen molar-refractivity contribution in [2.24, 2.45) is 0 Å². The average molecular weight is 301 g/mol. The molecule has 1 aromatic heterocycles. The molecule has 5 heteroatoms. The van der Waals surface area contributed by atoms with Crippen molar-refractivity contribution in [3.05, 3.63) is 65.0 Å². The van der Waals surface area contributed by atoms with Crippen molar-refractivity contribution < 1.29 is 9.15 Å². The van der Waals surface area contributed by atoms with Gasteiger partial charge in [-0.1, -0.05) is 35.4 Å². The Balaban J connectivity index is 1.69. The lowest BCUT2D eigenvalue weighted by atomic mass is 10.1.